The van der Waals surface area contributed by atoms with E-state index >= 15 is 0 Å². The van der Waals surface area contributed by atoms with Gasteiger partial charge >= 0.3 is 0 Å². The van der Waals surface area contributed by atoms with Crippen LogP contribution < -0.4 is 16.0 Å². The lowest BCUT2D eigenvalue weighted by Crippen LogP contribution is -2.46. The van der Waals surface area contributed by atoms with Crippen molar-refractivity contribution in [1.82, 2.24) is 19.6 Å². The standard InChI is InChI=1S/C20H24N6O2S/c1-21-10-18(27)26-9-3-4-15(26)19(28)23-14-7-5-13(6-8-14)16-11-25-12-17(22-2)24-20(25)29-16/h5-8,11-12,15,21-22H,3-4,9-10H2,1-2H3,(H,23,28). The fourth-order valence-corrected chi connectivity index (χ4v) is 4.56. The molecule has 9 heteroatoms. The topological polar surface area (TPSA) is 90.8 Å². The van der Waals surface area contributed by atoms with Gasteiger partial charge in [-0.25, -0.2) is 4.98 Å². The summed E-state index contributed by atoms with van der Waals surface area (Å²) >= 11 is 1.61. The van der Waals surface area contributed by atoms with Crippen LogP contribution in [0, 0.1) is 0 Å². The molecule has 1 aliphatic rings. The van der Waals surface area contributed by atoms with Gasteiger partial charge in [-0.1, -0.05) is 23.5 Å². The van der Waals surface area contributed by atoms with Crippen molar-refractivity contribution >= 4 is 39.6 Å². The average Bonchev–Trinajstić information content (AvgIpc) is 3.43. The van der Waals surface area contributed by atoms with Gasteiger partial charge in [0.05, 0.1) is 17.6 Å². The van der Waals surface area contributed by atoms with Crippen LogP contribution in [0.4, 0.5) is 11.5 Å². The molecule has 1 saturated heterocycles. The summed E-state index contributed by atoms with van der Waals surface area (Å²) in [6, 6.07) is 7.35. The lowest BCUT2D eigenvalue weighted by Gasteiger charge is -2.24. The Morgan fingerprint density at radius 3 is 2.69 bits per heavy atom. The number of benzene rings is 1. The van der Waals surface area contributed by atoms with Crippen molar-refractivity contribution < 1.29 is 9.59 Å². The first-order valence-corrected chi connectivity index (χ1v) is 10.4. The van der Waals surface area contributed by atoms with Gasteiger partial charge in [-0.15, -0.1) is 0 Å². The van der Waals surface area contributed by atoms with Crippen LogP contribution in [0.2, 0.25) is 0 Å². The van der Waals surface area contributed by atoms with E-state index < -0.39 is 6.04 Å². The third-order valence-corrected chi connectivity index (χ3v) is 6.10. The average molecular weight is 413 g/mol. The molecular weight excluding hydrogens is 388 g/mol. The summed E-state index contributed by atoms with van der Waals surface area (Å²) in [5.41, 5.74) is 1.79. The Kier molecular flexibility index (Phi) is 5.50. The molecule has 2 amide bonds. The van der Waals surface area contributed by atoms with Gasteiger partial charge in [0.25, 0.3) is 0 Å². The molecule has 152 valence electrons. The van der Waals surface area contributed by atoms with Gasteiger partial charge in [0.1, 0.15) is 11.9 Å². The van der Waals surface area contributed by atoms with Crippen molar-refractivity contribution in [3.63, 3.8) is 0 Å². The second kappa shape index (κ2) is 8.22. The molecule has 3 aromatic rings. The van der Waals surface area contributed by atoms with E-state index in [1.807, 2.05) is 48.1 Å². The highest BCUT2D eigenvalue weighted by molar-refractivity contribution is 7.20. The number of amides is 2. The van der Waals surface area contributed by atoms with Gasteiger partial charge in [0, 0.05) is 25.5 Å². The van der Waals surface area contributed by atoms with Crippen LogP contribution in [-0.2, 0) is 9.59 Å². The fourth-order valence-electron chi connectivity index (χ4n) is 3.58. The third kappa shape index (κ3) is 3.96. The zero-order valence-corrected chi connectivity index (χ0v) is 17.3. The minimum absolute atomic E-state index is 0.0374. The molecule has 1 atom stereocenters. The number of rotatable bonds is 6. The van der Waals surface area contributed by atoms with Crippen LogP contribution >= 0.6 is 11.3 Å². The van der Waals surface area contributed by atoms with Crippen LogP contribution in [0.15, 0.2) is 36.7 Å². The zero-order chi connectivity index (χ0) is 20.4. The Balaban J connectivity index is 1.44. The Morgan fingerprint density at radius 1 is 1.21 bits per heavy atom. The third-order valence-electron chi connectivity index (χ3n) is 5.05. The molecule has 1 aliphatic heterocycles. The lowest BCUT2D eigenvalue weighted by atomic mass is 10.1. The number of likely N-dealkylation sites (tertiary alicyclic amines) is 1. The summed E-state index contributed by atoms with van der Waals surface area (Å²) in [4.78, 5) is 33.1. The van der Waals surface area contributed by atoms with Crippen LogP contribution in [0.1, 0.15) is 12.8 Å². The van der Waals surface area contributed by atoms with Crippen molar-refractivity contribution in [1.29, 1.82) is 0 Å². The summed E-state index contributed by atoms with van der Waals surface area (Å²) in [7, 11) is 3.58. The number of carbonyl (C=O) groups is 2. The summed E-state index contributed by atoms with van der Waals surface area (Å²) in [5.74, 6) is 0.675. The SMILES string of the molecule is CNCC(=O)N1CCCC1C(=O)Nc1ccc(-c2cn3cc(NC)nc3s2)cc1. The molecule has 3 heterocycles. The largest absolute Gasteiger partial charge is 0.372 e. The first kappa shape index (κ1) is 19.4. The normalized spacial score (nSPS) is 16.3. The first-order valence-electron chi connectivity index (χ1n) is 9.60. The Bertz CT molecular complexity index is 994. The monoisotopic (exact) mass is 412 g/mol. The molecule has 0 bridgehead atoms. The minimum atomic E-state index is -0.401. The summed E-state index contributed by atoms with van der Waals surface area (Å²) in [6.07, 6.45) is 5.54. The van der Waals surface area contributed by atoms with E-state index in [4.69, 9.17) is 0 Å². The van der Waals surface area contributed by atoms with Gasteiger partial charge in [-0.2, -0.15) is 0 Å². The number of hydrogen-bond acceptors (Lipinski definition) is 6. The van der Waals surface area contributed by atoms with Crippen molar-refractivity contribution in [2.24, 2.45) is 0 Å². The van der Waals surface area contributed by atoms with Gasteiger partial charge in [0.15, 0.2) is 4.96 Å². The summed E-state index contributed by atoms with van der Waals surface area (Å²) in [5, 5.41) is 8.84. The molecule has 0 radical (unpaired) electrons. The van der Waals surface area contributed by atoms with Gasteiger partial charge in [-0.05, 0) is 37.6 Å². The Hall–Kier alpha value is -2.91. The lowest BCUT2D eigenvalue weighted by molar-refractivity contribution is -0.135. The maximum atomic E-state index is 12.7. The predicted octanol–water partition coefficient (Wildman–Crippen LogP) is 2.25. The Labute approximate surface area is 172 Å². The van der Waals surface area contributed by atoms with Gasteiger partial charge in [-0.3, -0.25) is 14.0 Å². The molecule has 1 fully saturated rings. The second-order valence-electron chi connectivity index (χ2n) is 7.00. The van der Waals surface area contributed by atoms with Crippen LogP contribution in [0.5, 0.6) is 0 Å². The van der Waals surface area contributed by atoms with Crippen LogP contribution in [-0.4, -0.2) is 59.3 Å². The number of fused-ring (bicyclic) bond motifs is 1. The maximum absolute atomic E-state index is 12.7. The van der Waals surface area contributed by atoms with Crippen molar-refractivity contribution in [2.75, 3.05) is 37.8 Å². The van der Waals surface area contributed by atoms with E-state index in [-0.39, 0.29) is 18.4 Å². The van der Waals surface area contributed by atoms with E-state index in [0.29, 0.717) is 13.0 Å². The first-order chi connectivity index (χ1) is 14.1. The van der Waals surface area contributed by atoms with E-state index in [2.05, 4.69) is 20.9 Å². The van der Waals surface area contributed by atoms with E-state index in [0.717, 1.165) is 33.3 Å². The molecule has 3 N–H and O–H groups in total. The zero-order valence-electron chi connectivity index (χ0n) is 16.4. The van der Waals surface area contributed by atoms with E-state index in [1.54, 1.807) is 23.3 Å². The highest BCUT2D eigenvalue weighted by Crippen LogP contribution is 2.30. The number of anilines is 2. The number of thiazole rings is 1. The molecule has 1 unspecified atom stereocenters. The van der Waals surface area contributed by atoms with E-state index in [9.17, 15) is 9.59 Å². The maximum Gasteiger partial charge on any atom is 0.247 e. The van der Waals surface area contributed by atoms with Crippen LogP contribution in [0.3, 0.4) is 0 Å². The Morgan fingerprint density at radius 2 is 2.00 bits per heavy atom. The molecule has 0 aliphatic carbocycles. The number of imidazole rings is 1. The molecule has 4 rings (SSSR count). The van der Waals surface area contributed by atoms with Gasteiger partial charge < -0.3 is 20.9 Å². The molecule has 8 nitrogen and oxygen atoms in total. The highest BCUT2D eigenvalue weighted by Gasteiger charge is 2.33. The van der Waals surface area contributed by atoms with Crippen LogP contribution in [0.25, 0.3) is 15.4 Å². The smallest absolute Gasteiger partial charge is 0.247 e. The number of carbonyl (C=O) groups excluding carboxylic acids is 2. The highest BCUT2D eigenvalue weighted by atomic mass is 32.1. The van der Waals surface area contributed by atoms with E-state index in [1.165, 1.54) is 0 Å². The van der Waals surface area contributed by atoms with Crippen molar-refractivity contribution in [3.05, 3.63) is 36.7 Å². The fraction of sp³-hybridized carbons (Fsp3) is 0.350. The molecule has 0 spiro atoms. The quantitative estimate of drug-likeness (QED) is 0.578. The van der Waals surface area contributed by atoms with Crippen molar-refractivity contribution in [2.45, 2.75) is 18.9 Å². The number of nitrogens with one attached hydrogen (secondary N) is 3. The molecule has 2 aromatic heterocycles. The summed E-state index contributed by atoms with van der Waals surface area (Å²) in [6.45, 7) is 0.881. The number of likely N-dealkylation sites (N-methyl/N-ethyl adjacent to an activating group) is 1. The number of nitrogens with zero attached hydrogens (tertiary/aromatic N) is 3. The van der Waals surface area contributed by atoms with Gasteiger partial charge in [0.2, 0.25) is 11.8 Å². The predicted molar refractivity (Wildman–Crippen MR) is 115 cm³/mol. The number of aromatic nitrogens is 2. The molecule has 1 aromatic carbocycles. The molecule has 0 saturated carbocycles. The number of hydrogen-bond donors (Lipinski definition) is 3. The minimum Gasteiger partial charge on any atom is -0.372 e. The molecule has 29 heavy (non-hydrogen) atoms. The molecular formula is C20H24N6O2S. The van der Waals surface area contributed by atoms with Crippen molar-refractivity contribution in [3.8, 4) is 10.4 Å². The second-order valence-corrected chi connectivity index (χ2v) is 8.01. The summed E-state index contributed by atoms with van der Waals surface area (Å²) < 4.78 is 2.00.